The van der Waals surface area contributed by atoms with Gasteiger partial charge in [0.15, 0.2) is 0 Å². The van der Waals surface area contributed by atoms with E-state index in [-0.39, 0.29) is 24.0 Å². The largest absolute Gasteiger partial charge is 0.413 e. The molecule has 1 fully saturated rings. The van der Waals surface area contributed by atoms with Crippen LogP contribution >= 0.6 is 12.4 Å². The molecule has 1 saturated heterocycles. The van der Waals surface area contributed by atoms with Crippen LogP contribution in [0.15, 0.2) is 24.3 Å². The maximum Gasteiger partial charge on any atom is 0.413 e. The molecule has 0 atom stereocenters. The maximum absolute atomic E-state index is 11.5. The molecule has 1 spiro atoms. The van der Waals surface area contributed by atoms with Gasteiger partial charge in [-0.2, -0.15) is 0 Å². The van der Waals surface area contributed by atoms with E-state index in [1.54, 1.807) is 0 Å². The molecule has 2 N–H and O–H groups in total. The van der Waals surface area contributed by atoms with Crippen LogP contribution in [-0.4, -0.2) is 19.2 Å². The number of amides is 1. The molecule has 4 nitrogen and oxygen atoms in total. The number of fused-ring (bicyclic) bond motifs is 2. The zero-order chi connectivity index (χ0) is 11.0. The van der Waals surface area contributed by atoms with Crippen molar-refractivity contribution in [2.75, 3.05) is 13.1 Å². The number of carbonyl (C=O) groups is 1. The van der Waals surface area contributed by atoms with Crippen LogP contribution in [-0.2, 0) is 5.54 Å². The van der Waals surface area contributed by atoms with Crippen LogP contribution in [0.25, 0.3) is 0 Å². The molecule has 0 aliphatic carbocycles. The highest BCUT2D eigenvalue weighted by molar-refractivity contribution is 5.85. The van der Waals surface area contributed by atoms with Gasteiger partial charge in [-0.3, -0.25) is 0 Å². The van der Waals surface area contributed by atoms with E-state index in [0.29, 0.717) is 5.75 Å². The van der Waals surface area contributed by atoms with Crippen molar-refractivity contribution in [2.45, 2.75) is 18.4 Å². The third-order valence-electron chi connectivity index (χ3n) is 3.40. The summed E-state index contributed by atoms with van der Waals surface area (Å²) in [5.41, 5.74) is 0.882. The molecular formula is C12H15ClN2O2. The highest BCUT2D eigenvalue weighted by Crippen LogP contribution is 2.39. The number of carbonyl (C=O) groups excluding carboxylic acids is 1. The van der Waals surface area contributed by atoms with Gasteiger partial charge in [0, 0.05) is 5.56 Å². The Morgan fingerprint density at radius 1 is 1.18 bits per heavy atom. The number of benzene rings is 1. The molecule has 3 rings (SSSR count). The highest BCUT2D eigenvalue weighted by atomic mass is 35.5. The van der Waals surface area contributed by atoms with Crippen molar-refractivity contribution in [3.63, 3.8) is 0 Å². The lowest BCUT2D eigenvalue weighted by molar-refractivity contribution is 0.154. The molecule has 0 bridgehead atoms. The Hall–Kier alpha value is -1.26. The molecule has 2 aliphatic rings. The van der Waals surface area contributed by atoms with Gasteiger partial charge in [0.25, 0.3) is 0 Å². The molecule has 1 aromatic carbocycles. The number of nitrogens with one attached hydrogen (secondary N) is 2. The van der Waals surface area contributed by atoms with Gasteiger partial charge in [-0.05, 0) is 32.0 Å². The molecule has 1 aromatic rings. The lowest BCUT2D eigenvalue weighted by Gasteiger charge is -2.41. The van der Waals surface area contributed by atoms with E-state index in [1.165, 1.54) is 0 Å². The fraction of sp³-hybridized carbons (Fsp3) is 0.417. The number of halogens is 1. The fourth-order valence-electron chi connectivity index (χ4n) is 2.59. The summed E-state index contributed by atoms with van der Waals surface area (Å²) in [4.78, 5) is 11.5. The number of rotatable bonds is 0. The maximum atomic E-state index is 11.5. The smallest absolute Gasteiger partial charge is 0.410 e. The van der Waals surface area contributed by atoms with Gasteiger partial charge in [-0.25, -0.2) is 4.79 Å². The first kappa shape index (κ1) is 12.2. The summed E-state index contributed by atoms with van der Waals surface area (Å²) in [6, 6.07) is 7.79. The van der Waals surface area contributed by atoms with E-state index in [4.69, 9.17) is 4.74 Å². The van der Waals surface area contributed by atoms with Crippen molar-refractivity contribution in [2.24, 2.45) is 0 Å². The van der Waals surface area contributed by atoms with E-state index in [9.17, 15) is 4.79 Å². The summed E-state index contributed by atoms with van der Waals surface area (Å²) in [7, 11) is 0. The topological polar surface area (TPSA) is 50.4 Å². The molecule has 0 radical (unpaired) electrons. The molecule has 92 valence electrons. The van der Waals surface area contributed by atoms with Crippen molar-refractivity contribution in [3.8, 4) is 5.75 Å². The Morgan fingerprint density at radius 2 is 1.88 bits per heavy atom. The van der Waals surface area contributed by atoms with E-state index in [2.05, 4.69) is 10.6 Å². The molecule has 17 heavy (non-hydrogen) atoms. The van der Waals surface area contributed by atoms with Crippen LogP contribution in [0, 0.1) is 0 Å². The molecule has 0 saturated carbocycles. The summed E-state index contributed by atoms with van der Waals surface area (Å²) >= 11 is 0. The number of para-hydroxylation sites is 1. The number of hydrogen-bond acceptors (Lipinski definition) is 3. The first-order chi connectivity index (χ1) is 7.80. The van der Waals surface area contributed by atoms with E-state index in [0.717, 1.165) is 31.5 Å². The Labute approximate surface area is 106 Å². The third kappa shape index (κ3) is 1.98. The Morgan fingerprint density at radius 3 is 2.65 bits per heavy atom. The van der Waals surface area contributed by atoms with Gasteiger partial charge in [0.05, 0.1) is 5.54 Å². The second-order valence-electron chi connectivity index (χ2n) is 4.34. The average Bonchev–Trinajstić information content (AvgIpc) is 2.30. The summed E-state index contributed by atoms with van der Waals surface area (Å²) in [6.07, 6.45) is 1.50. The van der Waals surface area contributed by atoms with Gasteiger partial charge >= 0.3 is 6.09 Å². The van der Waals surface area contributed by atoms with E-state index >= 15 is 0 Å². The van der Waals surface area contributed by atoms with Gasteiger partial charge in [-0.15, -0.1) is 12.4 Å². The van der Waals surface area contributed by atoms with E-state index in [1.807, 2.05) is 24.3 Å². The zero-order valence-corrected chi connectivity index (χ0v) is 10.2. The minimum atomic E-state index is -0.333. The predicted molar refractivity (Wildman–Crippen MR) is 66.6 cm³/mol. The van der Waals surface area contributed by atoms with Crippen LogP contribution in [0.4, 0.5) is 4.79 Å². The summed E-state index contributed by atoms with van der Waals surface area (Å²) in [6.45, 7) is 1.85. The van der Waals surface area contributed by atoms with Crippen LogP contribution in [0.2, 0.25) is 0 Å². The highest BCUT2D eigenvalue weighted by Gasteiger charge is 2.41. The van der Waals surface area contributed by atoms with Crippen molar-refractivity contribution in [1.29, 1.82) is 0 Å². The number of piperidine rings is 1. The molecule has 5 heteroatoms. The SMILES string of the molecule is Cl.O=C1NC2(CCNCC2)c2ccccc2O1. The van der Waals surface area contributed by atoms with Crippen LogP contribution < -0.4 is 15.4 Å². The quantitative estimate of drug-likeness (QED) is 0.742. The van der Waals surface area contributed by atoms with Crippen LogP contribution in [0.1, 0.15) is 18.4 Å². The Kier molecular flexibility index (Phi) is 3.26. The average molecular weight is 255 g/mol. The summed E-state index contributed by atoms with van der Waals surface area (Å²) in [5, 5.41) is 6.30. The second kappa shape index (κ2) is 4.55. The molecule has 0 aromatic heterocycles. The molecule has 1 amide bonds. The second-order valence-corrected chi connectivity index (χ2v) is 4.34. The van der Waals surface area contributed by atoms with Gasteiger partial charge < -0.3 is 15.4 Å². The fourth-order valence-corrected chi connectivity index (χ4v) is 2.59. The van der Waals surface area contributed by atoms with E-state index < -0.39 is 0 Å². The molecule has 2 aliphatic heterocycles. The lowest BCUT2D eigenvalue weighted by atomic mass is 9.80. The first-order valence-electron chi connectivity index (χ1n) is 5.60. The predicted octanol–water partition coefficient (Wildman–Crippen LogP) is 1.79. The van der Waals surface area contributed by atoms with Crippen molar-refractivity contribution in [3.05, 3.63) is 29.8 Å². The van der Waals surface area contributed by atoms with Gasteiger partial charge in [0.1, 0.15) is 5.75 Å². The standard InChI is InChI=1S/C12H14N2O2.ClH/c15-11-14-12(5-7-13-8-6-12)9-3-1-2-4-10(9)16-11;/h1-4,13H,5-8H2,(H,14,15);1H. The molecule has 0 unspecified atom stereocenters. The normalized spacial score (nSPS) is 20.8. The molecular weight excluding hydrogens is 240 g/mol. The minimum absolute atomic E-state index is 0. The lowest BCUT2D eigenvalue weighted by Crippen LogP contribution is -2.55. The van der Waals surface area contributed by atoms with Gasteiger partial charge in [0.2, 0.25) is 0 Å². The first-order valence-corrected chi connectivity index (χ1v) is 5.60. The summed E-state index contributed by atoms with van der Waals surface area (Å²) in [5.74, 6) is 0.702. The van der Waals surface area contributed by atoms with Crippen molar-refractivity contribution in [1.82, 2.24) is 10.6 Å². The minimum Gasteiger partial charge on any atom is -0.410 e. The molecule has 2 heterocycles. The Balaban J connectivity index is 0.00000108. The Bertz CT molecular complexity index is 430. The number of hydrogen-bond donors (Lipinski definition) is 2. The zero-order valence-electron chi connectivity index (χ0n) is 9.36. The van der Waals surface area contributed by atoms with Crippen molar-refractivity contribution < 1.29 is 9.53 Å². The summed E-state index contributed by atoms with van der Waals surface area (Å²) < 4.78 is 5.19. The van der Waals surface area contributed by atoms with Crippen LogP contribution in [0.5, 0.6) is 5.75 Å². The monoisotopic (exact) mass is 254 g/mol. The van der Waals surface area contributed by atoms with Crippen LogP contribution in [0.3, 0.4) is 0 Å². The van der Waals surface area contributed by atoms with Gasteiger partial charge in [-0.1, -0.05) is 18.2 Å². The van der Waals surface area contributed by atoms with Crippen molar-refractivity contribution >= 4 is 18.5 Å². The number of ether oxygens (including phenoxy) is 1. The third-order valence-corrected chi connectivity index (χ3v) is 3.40.